The summed E-state index contributed by atoms with van der Waals surface area (Å²) in [4.78, 5) is 14.7. The maximum atomic E-state index is 13.6. The van der Waals surface area contributed by atoms with Crippen LogP contribution in [0.3, 0.4) is 0 Å². The highest BCUT2D eigenvalue weighted by Crippen LogP contribution is 2.33. The largest absolute Gasteiger partial charge is 0.390 e. The van der Waals surface area contributed by atoms with Gasteiger partial charge in [0, 0.05) is 36.8 Å². The summed E-state index contributed by atoms with van der Waals surface area (Å²) >= 11 is 7.16. The number of carbonyl (C=O) groups is 1. The number of aryl methyl sites for hydroxylation is 1. The Kier molecular flexibility index (Phi) is 9.23. The number of rotatable bonds is 10. The van der Waals surface area contributed by atoms with Gasteiger partial charge in [0.25, 0.3) is 5.91 Å². The Balaban J connectivity index is 1.88. The van der Waals surface area contributed by atoms with E-state index in [1.165, 1.54) is 10.3 Å². The molecule has 3 aromatic rings. The minimum atomic E-state index is -3.64. The van der Waals surface area contributed by atoms with Gasteiger partial charge in [0.05, 0.1) is 16.0 Å². The van der Waals surface area contributed by atoms with E-state index >= 15 is 0 Å². The minimum Gasteiger partial charge on any atom is -0.390 e. The van der Waals surface area contributed by atoms with Crippen LogP contribution in [-0.4, -0.2) is 49.3 Å². The molecule has 2 atom stereocenters. The number of benzene rings is 2. The number of halogens is 3. The molecule has 194 valence electrons. The summed E-state index contributed by atoms with van der Waals surface area (Å²) in [7, 11) is -3.64. The van der Waals surface area contributed by atoms with Gasteiger partial charge in [0.15, 0.2) is 9.84 Å². The standard InChI is InChI=1S/C25H27ClF2N2O4S2/c1-3-15-5-4-6-16(7-15)12-30(25(32)24-23(26)22(14-35-24)36(2,33)34)13-21(31)20(29)10-17-8-18(27)11-19(28)9-17/h4-9,11,14,20-21,31H,3,10,12-13,29H2,1-2H3/t20-,21+/m0/s1. The topological polar surface area (TPSA) is 101 Å². The first-order valence-corrected chi connectivity index (χ1v) is 14.3. The zero-order chi connectivity index (χ0) is 26.6. The average Bonchev–Trinajstić information content (AvgIpc) is 3.19. The molecular formula is C25H27ClF2N2O4S2. The van der Waals surface area contributed by atoms with E-state index in [1.54, 1.807) is 0 Å². The number of hydrogen-bond donors (Lipinski definition) is 2. The third-order valence-electron chi connectivity index (χ3n) is 5.65. The molecule has 3 N–H and O–H groups in total. The second kappa shape index (κ2) is 11.8. The van der Waals surface area contributed by atoms with Crippen molar-refractivity contribution in [3.63, 3.8) is 0 Å². The Labute approximate surface area is 218 Å². The molecule has 36 heavy (non-hydrogen) atoms. The van der Waals surface area contributed by atoms with Crippen molar-refractivity contribution in [2.24, 2.45) is 5.73 Å². The fourth-order valence-corrected chi connectivity index (χ4v) is 6.63. The summed E-state index contributed by atoms with van der Waals surface area (Å²) in [5.41, 5.74) is 8.25. The predicted molar refractivity (Wildman–Crippen MR) is 137 cm³/mol. The van der Waals surface area contributed by atoms with Gasteiger partial charge in [-0.15, -0.1) is 11.3 Å². The molecule has 0 aliphatic heterocycles. The van der Waals surface area contributed by atoms with Gasteiger partial charge in [-0.25, -0.2) is 17.2 Å². The number of aliphatic hydroxyl groups excluding tert-OH is 1. The van der Waals surface area contributed by atoms with Crippen molar-refractivity contribution >= 4 is 38.7 Å². The molecule has 2 aromatic carbocycles. The molecule has 0 saturated carbocycles. The zero-order valence-corrected chi connectivity index (χ0v) is 22.1. The Morgan fingerprint density at radius 1 is 1.14 bits per heavy atom. The number of aliphatic hydroxyl groups is 1. The lowest BCUT2D eigenvalue weighted by Crippen LogP contribution is -2.46. The number of amides is 1. The maximum Gasteiger partial charge on any atom is 0.265 e. The van der Waals surface area contributed by atoms with E-state index in [0.29, 0.717) is 0 Å². The maximum absolute atomic E-state index is 13.6. The van der Waals surface area contributed by atoms with Crippen LogP contribution in [0.25, 0.3) is 0 Å². The van der Waals surface area contributed by atoms with Crippen molar-refractivity contribution in [2.75, 3.05) is 12.8 Å². The van der Waals surface area contributed by atoms with E-state index in [-0.39, 0.29) is 39.9 Å². The van der Waals surface area contributed by atoms with E-state index in [9.17, 15) is 27.1 Å². The van der Waals surface area contributed by atoms with E-state index in [2.05, 4.69) is 0 Å². The molecule has 11 heteroatoms. The minimum absolute atomic E-state index is 0.0247. The average molecular weight is 557 g/mol. The molecule has 0 saturated heterocycles. The first kappa shape index (κ1) is 28.2. The van der Waals surface area contributed by atoms with Gasteiger partial charge < -0.3 is 15.7 Å². The summed E-state index contributed by atoms with van der Waals surface area (Å²) in [5.74, 6) is -2.08. The van der Waals surface area contributed by atoms with Gasteiger partial charge in [-0.05, 0) is 41.7 Å². The number of thiophene rings is 1. The Morgan fingerprint density at radius 2 is 1.78 bits per heavy atom. The van der Waals surface area contributed by atoms with Crippen LogP contribution in [0.4, 0.5) is 8.78 Å². The molecular weight excluding hydrogens is 530 g/mol. The lowest BCUT2D eigenvalue weighted by atomic mass is 10.0. The van der Waals surface area contributed by atoms with Crippen LogP contribution in [0.15, 0.2) is 52.7 Å². The Bertz CT molecular complexity index is 1330. The molecule has 0 spiro atoms. The normalized spacial score (nSPS) is 13.4. The summed E-state index contributed by atoms with van der Waals surface area (Å²) in [6.07, 6.45) is 0.513. The van der Waals surface area contributed by atoms with Crippen molar-refractivity contribution in [3.8, 4) is 0 Å². The first-order valence-electron chi connectivity index (χ1n) is 11.1. The highest BCUT2D eigenvalue weighted by Gasteiger charge is 2.28. The van der Waals surface area contributed by atoms with Crippen molar-refractivity contribution < 1.29 is 27.1 Å². The number of sulfone groups is 1. The third-order valence-corrected chi connectivity index (χ3v) is 8.50. The number of nitrogens with zero attached hydrogens (tertiary/aromatic N) is 1. The van der Waals surface area contributed by atoms with Crippen LogP contribution in [0.1, 0.15) is 33.3 Å². The summed E-state index contributed by atoms with van der Waals surface area (Å²) in [6.45, 7) is 1.89. The van der Waals surface area contributed by atoms with Gasteiger partial charge in [0.2, 0.25) is 0 Å². The summed E-state index contributed by atoms with van der Waals surface area (Å²) in [5, 5.41) is 12.0. The van der Waals surface area contributed by atoms with Crippen LogP contribution < -0.4 is 5.73 Å². The Morgan fingerprint density at radius 3 is 2.36 bits per heavy atom. The van der Waals surface area contributed by atoms with Crippen molar-refractivity contribution in [3.05, 3.63) is 86.1 Å². The summed E-state index contributed by atoms with van der Waals surface area (Å²) in [6, 6.07) is 9.64. The van der Waals surface area contributed by atoms with Gasteiger partial charge >= 0.3 is 0 Å². The van der Waals surface area contributed by atoms with Gasteiger partial charge in [-0.2, -0.15) is 0 Å². The zero-order valence-electron chi connectivity index (χ0n) is 19.7. The van der Waals surface area contributed by atoms with E-state index < -0.39 is 39.5 Å². The number of carbonyl (C=O) groups excluding carboxylic acids is 1. The first-order chi connectivity index (χ1) is 16.9. The number of nitrogens with two attached hydrogens (primary N) is 1. The predicted octanol–water partition coefficient (Wildman–Crippen LogP) is 4.22. The second-order valence-corrected chi connectivity index (χ2v) is 11.8. The van der Waals surface area contributed by atoms with Gasteiger partial charge in [0.1, 0.15) is 16.5 Å². The quantitative estimate of drug-likeness (QED) is 0.389. The van der Waals surface area contributed by atoms with E-state index in [4.69, 9.17) is 17.3 Å². The molecule has 1 heterocycles. The number of hydrogen-bond acceptors (Lipinski definition) is 6. The SMILES string of the molecule is CCc1cccc(CN(C[C@@H](O)[C@@H](N)Cc2cc(F)cc(F)c2)C(=O)c2scc(S(C)(=O)=O)c2Cl)c1. The monoisotopic (exact) mass is 556 g/mol. The smallest absolute Gasteiger partial charge is 0.265 e. The highest BCUT2D eigenvalue weighted by atomic mass is 35.5. The van der Waals surface area contributed by atoms with Crippen molar-refractivity contribution in [1.29, 1.82) is 0 Å². The fourth-order valence-electron chi connectivity index (χ4n) is 3.75. The lowest BCUT2D eigenvalue weighted by Gasteiger charge is -2.28. The summed E-state index contributed by atoms with van der Waals surface area (Å²) < 4.78 is 51.1. The molecule has 0 bridgehead atoms. The molecule has 1 aromatic heterocycles. The van der Waals surface area contributed by atoms with Crippen molar-refractivity contribution in [2.45, 2.75) is 43.4 Å². The Hall–Kier alpha value is -2.37. The van der Waals surface area contributed by atoms with Gasteiger partial charge in [-0.1, -0.05) is 42.8 Å². The highest BCUT2D eigenvalue weighted by molar-refractivity contribution is 7.91. The molecule has 0 aliphatic carbocycles. The van der Waals surface area contributed by atoms with E-state index in [1.807, 2.05) is 31.2 Å². The molecule has 0 unspecified atom stereocenters. The molecule has 1 amide bonds. The van der Waals surface area contributed by atoms with Crippen LogP contribution in [0.2, 0.25) is 5.02 Å². The van der Waals surface area contributed by atoms with Crippen LogP contribution in [0, 0.1) is 11.6 Å². The molecule has 0 aliphatic rings. The second-order valence-electron chi connectivity index (χ2n) is 8.59. The molecule has 6 nitrogen and oxygen atoms in total. The van der Waals surface area contributed by atoms with Gasteiger partial charge in [-0.3, -0.25) is 4.79 Å². The molecule has 3 rings (SSSR count). The fraction of sp³-hybridized carbons (Fsp3) is 0.320. The van der Waals surface area contributed by atoms with E-state index in [0.717, 1.165) is 53.3 Å². The lowest BCUT2D eigenvalue weighted by molar-refractivity contribution is 0.0558. The third kappa shape index (κ3) is 7.10. The van der Waals surface area contributed by atoms with Crippen LogP contribution >= 0.6 is 22.9 Å². The van der Waals surface area contributed by atoms with Crippen LogP contribution in [0.5, 0.6) is 0 Å². The molecule has 0 radical (unpaired) electrons. The molecule has 0 fully saturated rings. The van der Waals surface area contributed by atoms with Crippen LogP contribution in [-0.2, 0) is 29.2 Å². The van der Waals surface area contributed by atoms with Crippen molar-refractivity contribution in [1.82, 2.24) is 4.90 Å².